The molecule has 0 amide bonds. The zero-order valence-electron chi connectivity index (χ0n) is 20.3. The summed E-state index contributed by atoms with van der Waals surface area (Å²) in [5, 5.41) is 0.265. The van der Waals surface area contributed by atoms with E-state index in [0.717, 1.165) is 37.1 Å². The van der Waals surface area contributed by atoms with Gasteiger partial charge in [-0.1, -0.05) is 20.8 Å². The van der Waals surface area contributed by atoms with Gasteiger partial charge in [0.2, 0.25) is 0 Å². The highest BCUT2D eigenvalue weighted by Gasteiger charge is 2.53. The van der Waals surface area contributed by atoms with E-state index < -0.39 is 8.32 Å². The van der Waals surface area contributed by atoms with Crippen LogP contribution in [0.4, 0.5) is 0 Å². The Labute approximate surface area is 179 Å². The highest BCUT2D eigenvalue weighted by molar-refractivity contribution is 6.74. The maximum Gasteiger partial charge on any atom is 0.514 e. The van der Waals surface area contributed by atoms with Crippen LogP contribution in [0, 0.1) is 0 Å². The Morgan fingerprint density at radius 3 is 2.07 bits per heavy atom. The Bertz CT molecular complexity index is 715. The van der Waals surface area contributed by atoms with Crippen LogP contribution in [0.2, 0.25) is 18.1 Å². The van der Waals surface area contributed by atoms with Crippen LogP contribution in [-0.4, -0.2) is 42.3 Å². The molecule has 1 saturated heterocycles. The average Bonchev–Trinajstić information content (AvgIpc) is 3.03. The standard InChI is InChI=1S/C22H41BN2O3Si/c1-20(2,3)29(9,10)26-17-13-11-16(12-14-17)19-24-15-18(25(19)8)23-27-21(4,5)22(6,7)28-23/h15-17H,11-14H2,1-10H3/t16-,17-. The fourth-order valence-corrected chi connectivity index (χ4v) is 5.45. The molecule has 3 rings (SSSR count). The molecule has 1 aliphatic heterocycles. The van der Waals surface area contributed by atoms with E-state index in [9.17, 15) is 0 Å². The summed E-state index contributed by atoms with van der Waals surface area (Å²) >= 11 is 0. The zero-order valence-corrected chi connectivity index (χ0v) is 21.3. The first kappa shape index (κ1) is 23.0. The van der Waals surface area contributed by atoms with Crippen molar-refractivity contribution in [2.45, 2.75) is 116 Å². The molecule has 2 aliphatic rings. The fourth-order valence-electron chi connectivity index (χ4n) is 4.03. The first-order valence-electron chi connectivity index (χ1n) is 11.2. The lowest BCUT2D eigenvalue weighted by Gasteiger charge is -2.41. The summed E-state index contributed by atoms with van der Waals surface area (Å²) in [6, 6.07) is 0. The largest absolute Gasteiger partial charge is 0.514 e. The van der Waals surface area contributed by atoms with Gasteiger partial charge in [-0.2, -0.15) is 0 Å². The van der Waals surface area contributed by atoms with Gasteiger partial charge in [0.05, 0.1) is 16.8 Å². The predicted octanol–water partition coefficient (Wildman–Crippen LogP) is 4.77. The summed E-state index contributed by atoms with van der Waals surface area (Å²) in [5.74, 6) is 1.64. The molecule has 0 unspecified atom stereocenters. The van der Waals surface area contributed by atoms with Crippen LogP contribution in [0.1, 0.15) is 85.9 Å². The average molecular weight is 420 g/mol. The number of rotatable bonds is 4. The zero-order chi connectivity index (χ0) is 21.8. The lowest BCUT2D eigenvalue weighted by molar-refractivity contribution is 0.00578. The molecule has 0 spiro atoms. The van der Waals surface area contributed by atoms with Gasteiger partial charge in [-0.25, -0.2) is 4.98 Å². The molecule has 164 valence electrons. The maximum atomic E-state index is 6.66. The Hall–Kier alpha value is -0.628. The van der Waals surface area contributed by atoms with Gasteiger partial charge >= 0.3 is 7.12 Å². The van der Waals surface area contributed by atoms with Crippen molar-refractivity contribution in [1.82, 2.24) is 9.55 Å². The SMILES string of the molecule is Cn1c(B2OC(C)(C)C(C)(C)O2)cnc1[C@H]1CC[C@H](O[Si](C)(C)C(C)(C)C)CC1. The molecule has 1 aromatic rings. The van der Waals surface area contributed by atoms with Crippen molar-refractivity contribution >= 4 is 21.0 Å². The van der Waals surface area contributed by atoms with Crippen LogP contribution in [0.5, 0.6) is 0 Å². The lowest BCUT2D eigenvalue weighted by atomic mass is 9.84. The second kappa shape index (κ2) is 7.50. The molecule has 1 saturated carbocycles. The minimum Gasteiger partial charge on any atom is -0.414 e. The number of imidazole rings is 1. The molecule has 2 heterocycles. The molecular formula is C22H41BN2O3Si. The molecule has 0 bridgehead atoms. The molecule has 7 heteroatoms. The van der Waals surface area contributed by atoms with Crippen LogP contribution in [-0.2, 0) is 20.8 Å². The summed E-state index contributed by atoms with van der Waals surface area (Å²) in [6.45, 7) is 20.0. The molecule has 0 atom stereocenters. The maximum absolute atomic E-state index is 6.66. The Morgan fingerprint density at radius 1 is 1.07 bits per heavy atom. The van der Waals surface area contributed by atoms with Crippen molar-refractivity contribution in [2.24, 2.45) is 7.05 Å². The van der Waals surface area contributed by atoms with Crippen LogP contribution in [0.25, 0.3) is 0 Å². The molecule has 29 heavy (non-hydrogen) atoms. The van der Waals surface area contributed by atoms with Gasteiger partial charge in [-0.15, -0.1) is 0 Å². The molecule has 5 nitrogen and oxygen atoms in total. The third kappa shape index (κ3) is 4.39. The first-order chi connectivity index (χ1) is 13.1. The summed E-state index contributed by atoms with van der Waals surface area (Å²) < 4.78 is 21.3. The second-order valence-corrected chi connectivity index (χ2v) is 16.3. The number of hydrogen-bond donors (Lipinski definition) is 0. The highest BCUT2D eigenvalue weighted by Crippen LogP contribution is 2.41. The monoisotopic (exact) mass is 420 g/mol. The summed E-state index contributed by atoms with van der Waals surface area (Å²) in [6.07, 6.45) is 6.84. The third-order valence-electron chi connectivity index (χ3n) is 7.86. The first-order valence-corrected chi connectivity index (χ1v) is 14.1. The van der Waals surface area contributed by atoms with E-state index >= 15 is 0 Å². The minimum atomic E-state index is -1.70. The van der Waals surface area contributed by atoms with E-state index in [4.69, 9.17) is 18.7 Å². The van der Waals surface area contributed by atoms with Crippen molar-refractivity contribution in [3.8, 4) is 0 Å². The van der Waals surface area contributed by atoms with Crippen molar-refractivity contribution < 1.29 is 13.7 Å². The van der Waals surface area contributed by atoms with Crippen molar-refractivity contribution in [3.63, 3.8) is 0 Å². The highest BCUT2D eigenvalue weighted by atomic mass is 28.4. The smallest absolute Gasteiger partial charge is 0.414 e. The quantitative estimate of drug-likeness (QED) is 0.659. The van der Waals surface area contributed by atoms with E-state index in [0.29, 0.717) is 12.0 Å². The Balaban J connectivity index is 1.65. The van der Waals surface area contributed by atoms with E-state index in [1.807, 2.05) is 6.20 Å². The topological polar surface area (TPSA) is 45.5 Å². The number of hydrogen-bond acceptors (Lipinski definition) is 4. The third-order valence-corrected chi connectivity index (χ3v) is 12.4. The molecule has 0 aromatic carbocycles. The normalized spacial score (nSPS) is 27.4. The van der Waals surface area contributed by atoms with E-state index in [1.165, 1.54) is 0 Å². The molecule has 2 fully saturated rings. The molecule has 0 N–H and O–H groups in total. The Morgan fingerprint density at radius 2 is 1.59 bits per heavy atom. The van der Waals surface area contributed by atoms with Crippen molar-refractivity contribution in [1.29, 1.82) is 0 Å². The fraction of sp³-hybridized carbons (Fsp3) is 0.864. The van der Waals surface area contributed by atoms with E-state index in [-0.39, 0.29) is 23.4 Å². The van der Waals surface area contributed by atoms with Gasteiger partial charge in [0.1, 0.15) is 5.82 Å². The van der Waals surface area contributed by atoms with Gasteiger partial charge in [0.25, 0.3) is 0 Å². The van der Waals surface area contributed by atoms with Gasteiger partial charge < -0.3 is 18.3 Å². The molecule has 0 radical (unpaired) electrons. The molecule has 1 aliphatic carbocycles. The summed E-state index contributed by atoms with van der Waals surface area (Å²) in [4.78, 5) is 4.79. The predicted molar refractivity (Wildman–Crippen MR) is 122 cm³/mol. The lowest BCUT2D eigenvalue weighted by Crippen LogP contribution is -2.44. The van der Waals surface area contributed by atoms with Crippen molar-refractivity contribution in [3.05, 3.63) is 12.0 Å². The van der Waals surface area contributed by atoms with Crippen LogP contribution >= 0.6 is 0 Å². The van der Waals surface area contributed by atoms with E-state index in [1.54, 1.807) is 0 Å². The van der Waals surface area contributed by atoms with Crippen LogP contribution in [0.15, 0.2) is 6.20 Å². The van der Waals surface area contributed by atoms with Crippen LogP contribution < -0.4 is 5.59 Å². The Kier molecular flexibility index (Phi) is 5.96. The minimum absolute atomic E-state index is 0.265. The van der Waals surface area contributed by atoms with Gasteiger partial charge in [-0.3, -0.25) is 0 Å². The van der Waals surface area contributed by atoms with Gasteiger partial charge in [-0.05, 0) is 71.5 Å². The van der Waals surface area contributed by atoms with E-state index in [2.05, 4.69) is 73.2 Å². The van der Waals surface area contributed by atoms with Crippen LogP contribution in [0.3, 0.4) is 0 Å². The summed E-state index contributed by atoms with van der Waals surface area (Å²) in [5.41, 5.74) is 0.348. The number of nitrogens with zero attached hydrogens (tertiary/aromatic N) is 2. The number of aromatic nitrogens is 2. The van der Waals surface area contributed by atoms with Crippen molar-refractivity contribution in [2.75, 3.05) is 0 Å². The summed E-state index contributed by atoms with van der Waals surface area (Å²) in [7, 11) is 0.0416. The second-order valence-electron chi connectivity index (χ2n) is 11.5. The molecule has 1 aromatic heterocycles. The van der Waals surface area contributed by atoms with Gasteiger partial charge in [0, 0.05) is 25.3 Å². The van der Waals surface area contributed by atoms with Gasteiger partial charge in [0.15, 0.2) is 8.32 Å². The molecular weight excluding hydrogens is 379 g/mol.